The molecule has 2 aliphatic heterocycles. The molecule has 1 aliphatic carbocycles. The van der Waals surface area contributed by atoms with Crippen LogP contribution in [0.15, 0.2) is 70.5 Å². The molecular formula is C29H33Cl2N3O4S. The van der Waals surface area contributed by atoms with Crippen molar-refractivity contribution in [1.82, 2.24) is 4.90 Å². The summed E-state index contributed by atoms with van der Waals surface area (Å²) in [5, 5.41) is 9.10. The van der Waals surface area contributed by atoms with Crippen molar-refractivity contribution >= 4 is 38.9 Å². The van der Waals surface area contributed by atoms with Crippen LogP contribution in [0.1, 0.15) is 63.3 Å². The molecule has 0 aromatic heterocycles. The minimum absolute atomic E-state index is 0.0929. The van der Waals surface area contributed by atoms with Crippen LogP contribution in [0.4, 0.5) is 0 Å². The highest BCUT2D eigenvalue weighted by Crippen LogP contribution is 2.49. The number of sulfone groups is 1. The largest absolute Gasteiger partial charge is 0.358 e. The molecule has 39 heavy (non-hydrogen) atoms. The fourth-order valence-electron chi connectivity index (χ4n) is 5.25. The number of hydrogen-bond donors (Lipinski definition) is 0. The van der Waals surface area contributed by atoms with E-state index in [1.54, 1.807) is 45.2 Å². The van der Waals surface area contributed by atoms with Crippen LogP contribution in [0.3, 0.4) is 0 Å². The molecule has 10 heteroatoms. The Morgan fingerprint density at radius 3 is 2.36 bits per heavy atom. The molecular weight excluding hydrogens is 557 g/mol. The van der Waals surface area contributed by atoms with E-state index in [0.717, 1.165) is 29.5 Å². The fraction of sp³-hybridized carbons (Fsp3) is 0.483. The first-order valence-corrected chi connectivity index (χ1v) is 15.6. The number of halogens is 2. The molecule has 2 fully saturated rings. The maximum absolute atomic E-state index is 14.4. The summed E-state index contributed by atoms with van der Waals surface area (Å²) in [6.07, 6.45) is 2.35. The molecule has 0 N–H and O–H groups in total. The van der Waals surface area contributed by atoms with Gasteiger partial charge in [0.05, 0.1) is 29.3 Å². The fourth-order valence-corrected chi connectivity index (χ4v) is 6.96. The van der Waals surface area contributed by atoms with Crippen molar-refractivity contribution in [3.63, 3.8) is 0 Å². The zero-order chi connectivity index (χ0) is 27.9. The van der Waals surface area contributed by atoms with Crippen molar-refractivity contribution in [1.29, 1.82) is 0 Å². The number of morpholine rings is 1. The van der Waals surface area contributed by atoms with E-state index in [1.807, 2.05) is 35.2 Å². The van der Waals surface area contributed by atoms with Crippen molar-refractivity contribution < 1.29 is 17.9 Å². The van der Waals surface area contributed by atoms with Gasteiger partial charge in [-0.05, 0) is 80.5 Å². The Hall–Kier alpha value is -2.26. The highest BCUT2D eigenvalue weighted by Gasteiger charge is 2.52. The Labute approximate surface area is 240 Å². The second-order valence-corrected chi connectivity index (χ2v) is 15.2. The number of carbonyl (C=O) groups excluding carboxylic acids is 1. The number of carbonyl (C=O) groups is 1. The van der Waals surface area contributed by atoms with Gasteiger partial charge in [0.15, 0.2) is 9.84 Å². The average Bonchev–Trinajstić information content (AvgIpc) is 3.59. The minimum Gasteiger partial charge on any atom is -0.358 e. The Bertz CT molecular complexity index is 1400. The van der Waals surface area contributed by atoms with E-state index in [9.17, 15) is 13.2 Å². The van der Waals surface area contributed by atoms with E-state index in [0.29, 0.717) is 23.0 Å². The summed E-state index contributed by atoms with van der Waals surface area (Å²) in [6, 6.07) is 13.7. The smallest absolute Gasteiger partial charge is 0.252 e. The van der Waals surface area contributed by atoms with Crippen LogP contribution >= 0.6 is 23.2 Å². The monoisotopic (exact) mass is 589 g/mol. The van der Waals surface area contributed by atoms with Gasteiger partial charge in [-0.1, -0.05) is 47.5 Å². The molecule has 2 aromatic rings. The van der Waals surface area contributed by atoms with Gasteiger partial charge in [0.25, 0.3) is 5.91 Å². The third-order valence-electron chi connectivity index (χ3n) is 7.71. The molecule has 2 heterocycles. The van der Waals surface area contributed by atoms with Gasteiger partial charge in [-0.3, -0.25) is 4.79 Å². The van der Waals surface area contributed by atoms with Crippen LogP contribution < -0.4 is 0 Å². The molecule has 0 spiro atoms. The van der Waals surface area contributed by atoms with Crippen molar-refractivity contribution in [2.75, 3.05) is 12.3 Å². The van der Waals surface area contributed by atoms with Crippen molar-refractivity contribution in [3.8, 4) is 0 Å². The third kappa shape index (κ3) is 6.09. The molecule has 208 valence electrons. The number of rotatable bonds is 8. The molecule has 2 aromatic carbocycles. The van der Waals surface area contributed by atoms with Gasteiger partial charge in [-0.2, -0.15) is 10.2 Å². The average molecular weight is 591 g/mol. The summed E-state index contributed by atoms with van der Waals surface area (Å²) >= 11 is 12.6. The number of ether oxygens (including phenoxy) is 1. The molecule has 7 nitrogen and oxygen atoms in total. The summed E-state index contributed by atoms with van der Waals surface area (Å²) in [5.41, 5.74) is 2.53. The van der Waals surface area contributed by atoms with Gasteiger partial charge >= 0.3 is 0 Å². The quantitative estimate of drug-likeness (QED) is 0.341. The Balaban J connectivity index is 1.65. The molecule has 1 saturated heterocycles. The summed E-state index contributed by atoms with van der Waals surface area (Å²) in [5.74, 6) is -0.239. The Kier molecular flexibility index (Phi) is 7.94. The van der Waals surface area contributed by atoms with Gasteiger partial charge in [-0.25, -0.2) is 8.42 Å². The van der Waals surface area contributed by atoms with Crippen LogP contribution in [0.25, 0.3) is 0 Å². The summed E-state index contributed by atoms with van der Waals surface area (Å²) in [7, 11) is -3.53. The first kappa shape index (κ1) is 28.3. The summed E-state index contributed by atoms with van der Waals surface area (Å²) < 4.78 is 32.8. The Morgan fingerprint density at radius 2 is 1.77 bits per heavy atom. The molecule has 3 aliphatic rings. The number of benzene rings is 2. The highest BCUT2D eigenvalue weighted by molar-refractivity contribution is 7.92. The summed E-state index contributed by atoms with van der Waals surface area (Å²) in [4.78, 5) is 16.2. The maximum atomic E-state index is 14.4. The molecule has 0 bridgehead atoms. The molecule has 1 saturated carbocycles. The molecule has 1 amide bonds. The first-order valence-electron chi connectivity index (χ1n) is 13.2. The highest BCUT2D eigenvalue weighted by atomic mass is 35.5. The van der Waals surface area contributed by atoms with E-state index in [-0.39, 0.29) is 17.6 Å². The SMILES string of the molecule is CC(C)(C)S(=O)(=O)C[C@H](C1CC1)N1C(=O)[C@@H](CC2=CN=NC2)O[C@H](c2cccc(Cl)c2)[C@H]1c1ccc(Cl)cc1. The molecule has 0 unspecified atom stereocenters. The lowest BCUT2D eigenvalue weighted by atomic mass is 9.89. The topological polar surface area (TPSA) is 88.4 Å². The van der Waals surface area contributed by atoms with Crippen molar-refractivity contribution in [2.45, 2.75) is 69.1 Å². The minimum atomic E-state index is -3.53. The van der Waals surface area contributed by atoms with Crippen LogP contribution in [-0.4, -0.2) is 48.4 Å². The predicted molar refractivity (Wildman–Crippen MR) is 153 cm³/mol. The van der Waals surface area contributed by atoms with Gasteiger partial charge < -0.3 is 9.64 Å². The van der Waals surface area contributed by atoms with Gasteiger partial charge in [0, 0.05) is 22.5 Å². The lowest BCUT2D eigenvalue weighted by Crippen LogP contribution is -2.57. The van der Waals surface area contributed by atoms with Gasteiger partial charge in [0.2, 0.25) is 0 Å². The van der Waals surface area contributed by atoms with Crippen molar-refractivity contribution in [2.24, 2.45) is 16.1 Å². The lowest BCUT2D eigenvalue weighted by molar-refractivity contribution is -0.179. The number of hydrogen-bond acceptors (Lipinski definition) is 6. The van der Waals surface area contributed by atoms with Gasteiger partial charge in [0.1, 0.15) is 12.2 Å². The molecule has 4 atom stereocenters. The maximum Gasteiger partial charge on any atom is 0.252 e. The van der Waals surface area contributed by atoms with E-state index in [1.165, 1.54) is 0 Å². The second-order valence-electron chi connectivity index (χ2n) is 11.5. The van der Waals surface area contributed by atoms with E-state index in [4.69, 9.17) is 27.9 Å². The lowest BCUT2D eigenvalue weighted by Gasteiger charge is -2.48. The third-order valence-corrected chi connectivity index (χ3v) is 10.8. The van der Waals surface area contributed by atoms with Crippen LogP contribution in [-0.2, 0) is 19.4 Å². The van der Waals surface area contributed by atoms with Gasteiger partial charge in [-0.15, -0.1) is 0 Å². The predicted octanol–water partition coefficient (Wildman–Crippen LogP) is 6.73. The second kappa shape index (κ2) is 11.0. The zero-order valence-electron chi connectivity index (χ0n) is 22.3. The van der Waals surface area contributed by atoms with E-state index < -0.39 is 38.9 Å². The van der Waals surface area contributed by atoms with Crippen molar-refractivity contribution in [3.05, 3.63) is 81.5 Å². The van der Waals surface area contributed by atoms with Crippen LogP contribution in [0, 0.1) is 5.92 Å². The molecule has 0 radical (unpaired) electrons. The molecule has 5 rings (SSSR count). The van der Waals surface area contributed by atoms with Crippen LogP contribution in [0.2, 0.25) is 10.0 Å². The first-order chi connectivity index (χ1) is 18.4. The number of amides is 1. The zero-order valence-corrected chi connectivity index (χ0v) is 24.6. The standard InChI is InChI=1S/C29H33Cl2N3O4S/c1-29(2,3)39(36,37)17-24(19-7-8-19)34-26(20-9-11-22(30)12-10-20)27(21-5-4-6-23(31)14-21)38-25(28(34)35)13-18-15-32-33-16-18/h4-6,9-12,14-15,19,24-27H,7-8,13,16-17H2,1-3H3/t24-,25-,26-,27-/m1/s1. The normalized spacial score (nSPS) is 24.6. The summed E-state index contributed by atoms with van der Waals surface area (Å²) in [6.45, 7) is 5.55. The van der Waals surface area contributed by atoms with E-state index in [2.05, 4.69) is 10.2 Å². The number of azo groups is 1. The Morgan fingerprint density at radius 1 is 1.05 bits per heavy atom. The number of nitrogens with zero attached hydrogens (tertiary/aromatic N) is 3. The van der Waals surface area contributed by atoms with Crippen LogP contribution in [0.5, 0.6) is 0 Å². The van der Waals surface area contributed by atoms with E-state index >= 15 is 0 Å².